The van der Waals surface area contributed by atoms with Gasteiger partial charge in [0, 0.05) is 45.3 Å². The van der Waals surface area contributed by atoms with Crippen LogP contribution < -0.4 is 20.7 Å². The van der Waals surface area contributed by atoms with Crippen LogP contribution in [0.2, 0.25) is 0 Å². The van der Waals surface area contributed by atoms with E-state index < -0.39 is 24.3 Å². The van der Waals surface area contributed by atoms with E-state index in [0.29, 0.717) is 47.1 Å². The Bertz CT molecular complexity index is 2420. The summed E-state index contributed by atoms with van der Waals surface area (Å²) in [5.41, 5.74) is 5.17. The molecule has 1 fully saturated rings. The largest absolute Gasteiger partial charge is 0.497 e. The normalized spacial score (nSPS) is 12.8. The molecule has 15 nitrogen and oxygen atoms in total. The van der Waals surface area contributed by atoms with E-state index in [1.807, 2.05) is 65.4 Å². The van der Waals surface area contributed by atoms with Gasteiger partial charge in [-0.2, -0.15) is 26.3 Å². The molecule has 0 aliphatic carbocycles. The number of carbonyl (C=O) groups excluding carboxylic acids is 3. The van der Waals surface area contributed by atoms with Crippen molar-refractivity contribution in [2.45, 2.75) is 51.0 Å². The topological polar surface area (TPSA) is 197 Å². The molecule has 0 spiro atoms. The van der Waals surface area contributed by atoms with Crippen LogP contribution in [0, 0.1) is 0 Å². The number of carboxylic acid groups (broad SMARTS) is 2. The van der Waals surface area contributed by atoms with Crippen molar-refractivity contribution in [2.75, 3.05) is 43.9 Å². The lowest BCUT2D eigenvalue weighted by Gasteiger charge is -2.26. The van der Waals surface area contributed by atoms with Crippen LogP contribution in [0.15, 0.2) is 97.5 Å². The molecule has 3 amide bonds. The number of ether oxygens (including phenoxy) is 1. The van der Waals surface area contributed by atoms with Crippen molar-refractivity contribution in [1.29, 1.82) is 0 Å². The van der Waals surface area contributed by atoms with E-state index >= 15 is 0 Å². The maximum absolute atomic E-state index is 13.5. The van der Waals surface area contributed by atoms with E-state index in [4.69, 9.17) is 24.5 Å². The lowest BCUT2D eigenvalue weighted by Crippen LogP contribution is -2.38. The van der Waals surface area contributed by atoms with Crippen LogP contribution in [-0.2, 0) is 29.6 Å². The minimum Gasteiger partial charge on any atom is -0.497 e. The van der Waals surface area contributed by atoms with Gasteiger partial charge in [0.05, 0.1) is 29.7 Å². The van der Waals surface area contributed by atoms with Gasteiger partial charge in [0.15, 0.2) is 0 Å². The average molecular weight is 942 g/mol. The fourth-order valence-electron chi connectivity index (χ4n) is 6.45. The number of anilines is 2. The number of aliphatic carboxylic acids is 2. The van der Waals surface area contributed by atoms with Crippen LogP contribution >= 0.6 is 0 Å². The standard InChI is InChI=1S/C42H47N7O4.2C2HF3O2/c1-47-29-35(45-40(50)33-16-18-34(44-28-33)17-13-32-14-19-37(53-2)20-15-32)26-38(47)42(52)46-36-27-39(41(51)43-21-25-48-22-7-4-8-23-48)49(30-36)24-9-12-31-10-5-3-6-11-31;2*3-2(4,5)1(6)7/h3,5-6,10-11,13-20,26-30H,4,7-9,12,21-25H2,1-2H3,(H,43,51)(H,45,50)(H,46,52);2*(H,6,7)/b17-13+;;. The highest BCUT2D eigenvalue weighted by molar-refractivity contribution is 6.07. The number of hydrogen-bond donors (Lipinski definition) is 5. The molecule has 2 aromatic carbocycles. The Labute approximate surface area is 381 Å². The summed E-state index contributed by atoms with van der Waals surface area (Å²) in [7, 11) is 3.37. The molecule has 5 N–H and O–H groups in total. The zero-order chi connectivity index (χ0) is 49.1. The molecule has 0 radical (unpaired) electrons. The van der Waals surface area contributed by atoms with E-state index in [1.165, 1.54) is 31.0 Å². The lowest BCUT2D eigenvalue weighted by molar-refractivity contribution is -0.193. The van der Waals surface area contributed by atoms with E-state index in [1.54, 1.807) is 49.2 Å². The number of halogens is 6. The van der Waals surface area contributed by atoms with Gasteiger partial charge < -0.3 is 44.9 Å². The van der Waals surface area contributed by atoms with Crippen molar-refractivity contribution in [3.8, 4) is 5.75 Å². The van der Waals surface area contributed by atoms with Crippen LogP contribution in [0.5, 0.6) is 5.75 Å². The Morgan fingerprint density at radius 3 is 1.91 bits per heavy atom. The first-order valence-electron chi connectivity index (χ1n) is 20.7. The molecule has 6 rings (SSSR count). The molecule has 67 heavy (non-hydrogen) atoms. The molecule has 0 bridgehead atoms. The van der Waals surface area contributed by atoms with Gasteiger partial charge in [0.1, 0.15) is 17.1 Å². The number of carbonyl (C=O) groups is 5. The maximum Gasteiger partial charge on any atom is 0.490 e. The Hall–Kier alpha value is -7.42. The third-order valence-corrected chi connectivity index (χ3v) is 9.85. The SMILES string of the molecule is COc1ccc(/C=C/c2ccc(C(=O)Nc3cc(C(=O)Nc4cc(C(=O)NCCN5CCCCC5)n(CCCc5ccccc5)c4)n(C)c3)cn2)cc1.O=C(O)C(F)(F)F.O=C(O)C(F)(F)F. The molecular formula is C46H49F6N7O8. The predicted molar refractivity (Wildman–Crippen MR) is 237 cm³/mol. The summed E-state index contributed by atoms with van der Waals surface area (Å²) >= 11 is 0. The number of nitrogens with zero attached hydrogens (tertiary/aromatic N) is 4. The fourth-order valence-corrected chi connectivity index (χ4v) is 6.45. The number of aromatic nitrogens is 3. The number of aryl methyl sites for hydroxylation is 3. The molecule has 1 aliphatic rings. The summed E-state index contributed by atoms with van der Waals surface area (Å²) in [4.78, 5) is 64.5. The smallest absolute Gasteiger partial charge is 0.490 e. The van der Waals surface area contributed by atoms with E-state index in [0.717, 1.165) is 43.8 Å². The number of piperidine rings is 1. The predicted octanol–water partition coefficient (Wildman–Crippen LogP) is 8.02. The molecule has 1 aliphatic heterocycles. The average Bonchev–Trinajstić information content (AvgIpc) is 3.88. The number of pyridine rings is 1. The van der Waals surface area contributed by atoms with Crippen molar-refractivity contribution in [2.24, 2.45) is 7.05 Å². The van der Waals surface area contributed by atoms with E-state index in [9.17, 15) is 40.7 Å². The molecule has 3 aromatic heterocycles. The van der Waals surface area contributed by atoms with Crippen molar-refractivity contribution >= 4 is 53.2 Å². The van der Waals surface area contributed by atoms with Gasteiger partial charge in [-0.15, -0.1) is 0 Å². The number of hydrogen-bond acceptors (Lipinski definition) is 8. The highest BCUT2D eigenvalue weighted by Gasteiger charge is 2.39. The molecule has 5 aromatic rings. The van der Waals surface area contributed by atoms with Crippen LogP contribution in [0.25, 0.3) is 12.2 Å². The number of benzene rings is 2. The van der Waals surface area contributed by atoms with Crippen molar-refractivity contribution < 1.29 is 65.3 Å². The van der Waals surface area contributed by atoms with Gasteiger partial charge in [-0.3, -0.25) is 19.4 Å². The zero-order valence-electron chi connectivity index (χ0n) is 36.4. The molecule has 0 unspecified atom stereocenters. The molecule has 0 saturated carbocycles. The van der Waals surface area contributed by atoms with Gasteiger partial charge in [-0.1, -0.05) is 55.0 Å². The minimum atomic E-state index is -5.08. The van der Waals surface area contributed by atoms with Gasteiger partial charge in [-0.25, -0.2) is 9.59 Å². The highest BCUT2D eigenvalue weighted by atomic mass is 19.4. The van der Waals surface area contributed by atoms with Crippen LogP contribution in [0.3, 0.4) is 0 Å². The second-order valence-corrected chi connectivity index (χ2v) is 14.9. The molecule has 1 saturated heterocycles. The first kappa shape index (κ1) is 52.2. The third-order valence-electron chi connectivity index (χ3n) is 9.85. The number of amides is 3. The second-order valence-electron chi connectivity index (χ2n) is 14.9. The monoisotopic (exact) mass is 941 g/mol. The third kappa shape index (κ3) is 17.5. The van der Waals surface area contributed by atoms with Crippen LogP contribution in [0.4, 0.5) is 37.7 Å². The fraction of sp³-hybridized carbons (Fsp3) is 0.304. The molecule has 0 atom stereocenters. The lowest BCUT2D eigenvalue weighted by atomic mass is 10.1. The minimum absolute atomic E-state index is 0.165. The summed E-state index contributed by atoms with van der Waals surface area (Å²) in [5, 5.41) is 23.2. The Kier molecular flexibility index (Phi) is 19.3. The first-order valence-corrected chi connectivity index (χ1v) is 20.7. The number of rotatable bonds is 15. The summed E-state index contributed by atoms with van der Waals surface area (Å²) < 4.78 is 72.2. The summed E-state index contributed by atoms with van der Waals surface area (Å²) in [5.74, 6) is -5.59. The van der Waals surface area contributed by atoms with Gasteiger partial charge in [0.2, 0.25) is 0 Å². The quantitative estimate of drug-likeness (QED) is 0.0641. The highest BCUT2D eigenvalue weighted by Crippen LogP contribution is 2.21. The van der Waals surface area contributed by atoms with Crippen molar-refractivity contribution in [3.05, 3.63) is 131 Å². The molecule has 358 valence electrons. The van der Waals surface area contributed by atoms with Crippen LogP contribution in [-0.4, -0.2) is 105 Å². The number of carboxylic acids is 2. The Balaban J connectivity index is 0.000000608. The maximum atomic E-state index is 13.5. The molecule has 21 heteroatoms. The molecular weight excluding hydrogens is 893 g/mol. The van der Waals surface area contributed by atoms with E-state index in [-0.39, 0.29) is 17.7 Å². The Morgan fingerprint density at radius 2 is 1.33 bits per heavy atom. The van der Waals surface area contributed by atoms with Gasteiger partial charge in [-0.05, 0) is 92.4 Å². The number of nitrogens with one attached hydrogen (secondary N) is 3. The molecule has 4 heterocycles. The number of likely N-dealkylation sites (tertiary alicyclic amines) is 1. The van der Waals surface area contributed by atoms with Gasteiger partial charge >= 0.3 is 24.3 Å². The van der Waals surface area contributed by atoms with Crippen LogP contribution in [0.1, 0.15) is 73.8 Å². The first-order chi connectivity index (χ1) is 31.7. The summed E-state index contributed by atoms with van der Waals surface area (Å²) in [6.45, 7) is 4.15. The zero-order valence-corrected chi connectivity index (χ0v) is 36.4. The van der Waals surface area contributed by atoms with Crippen molar-refractivity contribution in [3.63, 3.8) is 0 Å². The summed E-state index contributed by atoms with van der Waals surface area (Å²) in [6.07, 6.45) is 4.03. The van der Waals surface area contributed by atoms with Gasteiger partial charge in [0.25, 0.3) is 17.7 Å². The van der Waals surface area contributed by atoms with Crippen molar-refractivity contribution in [1.82, 2.24) is 24.3 Å². The second kappa shape index (κ2) is 24.8. The van der Waals surface area contributed by atoms with E-state index in [2.05, 4.69) is 38.0 Å². The number of alkyl halides is 6. The number of methoxy groups -OCH3 is 1. The Morgan fingerprint density at radius 1 is 0.731 bits per heavy atom. The summed E-state index contributed by atoms with van der Waals surface area (Å²) in [6, 6.07) is 24.8.